The van der Waals surface area contributed by atoms with Crippen LogP contribution in [0.4, 0.5) is 0 Å². The van der Waals surface area contributed by atoms with Crippen LogP contribution in [0, 0.1) is 0 Å². The van der Waals surface area contributed by atoms with E-state index in [4.69, 9.17) is 4.74 Å². The van der Waals surface area contributed by atoms with Crippen LogP contribution >= 0.6 is 0 Å². The number of nitrogens with one attached hydrogen (secondary N) is 1. The fraction of sp³-hybridized carbons (Fsp3) is 0.684. The van der Waals surface area contributed by atoms with Crippen LogP contribution in [0.2, 0.25) is 0 Å². The quantitative estimate of drug-likeness (QED) is 0.604. The van der Waals surface area contributed by atoms with Gasteiger partial charge in [0.2, 0.25) is 0 Å². The molecule has 2 nitrogen and oxygen atoms in total. The lowest BCUT2D eigenvalue weighted by atomic mass is 9.79. The highest BCUT2D eigenvalue weighted by molar-refractivity contribution is 5.23. The first kappa shape index (κ1) is 18.2. The predicted molar refractivity (Wildman–Crippen MR) is 91.9 cm³/mol. The topological polar surface area (TPSA) is 21.3 Å². The fourth-order valence-corrected chi connectivity index (χ4v) is 2.72. The minimum Gasteiger partial charge on any atom is -0.381 e. The lowest BCUT2D eigenvalue weighted by Gasteiger charge is -2.29. The van der Waals surface area contributed by atoms with Gasteiger partial charge < -0.3 is 10.1 Å². The zero-order valence-electron chi connectivity index (χ0n) is 14.3. The molecule has 0 saturated carbocycles. The third-order valence-electron chi connectivity index (χ3n) is 3.97. The molecular formula is C19H33NO. The van der Waals surface area contributed by atoms with Crippen LogP contribution in [0.5, 0.6) is 0 Å². The third kappa shape index (κ3) is 7.63. The van der Waals surface area contributed by atoms with Gasteiger partial charge in [0.25, 0.3) is 0 Å². The monoisotopic (exact) mass is 291 g/mol. The number of hydrogen-bond donors (Lipinski definition) is 1. The molecule has 0 heterocycles. The number of rotatable bonds is 11. The molecule has 2 heteroatoms. The Morgan fingerprint density at radius 3 is 2.43 bits per heavy atom. The Balaban J connectivity index is 2.19. The van der Waals surface area contributed by atoms with Crippen molar-refractivity contribution >= 4 is 0 Å². The van der Waals surface area contributed by atoms with Crippen LogP contribution in [-0.4, -0.2) is 25.8 Å². The van der Waals surface area contributed by atoms with Crippen LogP contribution in [-0.2, 0) is 10.2 Å². The van der Waals surface area contributed by atoms with E-state index in [1.54, 1.807) is 0 Å². The molecule has 0 radical (unpaired) electrons. The number of benzene rings is 1. The summed E-state index contributed by atoms with van der Waals surface area (Å²) >= 11 is 0. The van der Waals surface area contributed by atoms with Crippen molar-refractivity contribution in [3.05, 3.63) is 35.9 Å². The Labute approximate surface area is 131 Å². The fourth-order valence-electron chi connectivity index (χ4n) is 2.72. The minimum atomic E-state index is 0.214. The second-order valence-electron chi connectivity index (χ2n) is 6.63. The lowest BCUT2D eigenvalue weighted by molar-refractivity contribution is 0.128. The van der Waals surface area contributed by atoms with Gasteiger partial charge >= 0.3 is 0 Å². The molecule has 1 aromatic rings. The molecule has 120 valence electrons. The van der Waals surface area contributed by atoms with Crippen LogP contribution in [0.3, 0.4) is 0 Å². The van der Waals surface area contributed by atoms with Crippen molar-refractivity contribution < 1.29 is 4.74 Å². The van der Waals surface area contributed by atoms with E-state index in [1.807, 2.05) is 0 Å². The summed E-state index contributed by atoms with van der Waals surface area (Å²) < 4.78 is 5.59. The average Bonchev–Trinajstić information content (AvgIpc) is 2.47. The third-order valence-corrected chi connectivity index (χ3v) is 3.97. The molecule has 1 rings (SSSR count). The first-order chi connectivity index (χ1) is 10.1. The van der Waals surface area contributed by atoms with Crippen molar-refractivity contribution in [2.75, 3.05) is 19.8 Å². The van der Waals surface area contributed by atoms with Crippen LogP contribution in [0.1, 0.15) is 58.9 Å². The van der Waals surface area contributed by atoms with Gasteiger partial charge in [0.05, 0.1) is 0 Å². The number of ether oxygens (including phenoxy) is 1. The van der Waals surface area contributed by atoms with Gasteiger partial charge in [-0.25, -0.2) is 0 Å². The van der Waals surface area contributed by atoms with E-state index in [1.165, 1.54) is 18.4 Å². The van der Waals surface area contributed by atoms with E-state index in [0.717, 1.165) is 32.6 Å². The Kier molecular flexibility index (Phi) is 8.63. The molecule has 1 unspecified atom stereocenters. The molecule has 21 heavy (non-hydrogen) atoms. The summed E-state index contributed by atoms with van der Waals surface area (Å²) in [7, 11) is 0. The Bertz CT molecular complexity index is 361. The highest BCUT2D eigenvalue weighted by Gasteiger charge is 2.22. The largest absolute Gasteiger partial charge is 0.381 e. The Hall–Kier alpha value is -0.860. The number of unbranched alkanes of at least 4 members (excludes halogenated alkanes) is 1. The summed E-state index contributed by atoms with van der Waals surface area (Å²) in [4.78, 5) is 0. The zero-order chi connectivity index (χ0) is 15.6. The summed E-state index contributed by atoms with van der Waals surface area (Å²) in [5.41, 5.74) is 1.63. The van der Waals surface area contributed by atoms with Gasteiger partial charge in [-0.3, -0.25) is 0 Å². The van der Waals surface area contributed by atoms with Crippen molar-refractivity contribution in [2.45, 2.75) is 64.8 Å². The van der Waals surface area contributed by atoms with Crippen LogP contribution in [0.15, 0.2) is 30.3 Å². The average molecular weight is 291 g/mol. The van der Waals surface area contributed by atoms with Crippen molar-refractivity contribution in [2.24, 2.45) is 0 Å². The molecule has 0 spiro atoms. The van der Waals surface area contributed by atoms with Crippen molar-refractivity contribution in [1.29, 1.82) is 0 Å². The van der Waals surface area contributed by atoms with E-state index in [-0.39, 0.29) is 5.41 Å². The lowest BCUT2D eigenvalue weighted by Crippen LogP contribution is -2.34. The first-order valence-electron chi connectivity index (χ1n) is 8.43. The molecular weight excluding hydrogens is 258 g/mol. The normalized spacial score (nSPS) is 13.3. The molecule has 0 amide bonds. The first-order valence-corrected chi connectivity index (χ1v) is 8.43. The highest BCUT2D eigenvalue weighted by atomic mass is 16.5. The van der Waals surface area contributed by atoms with Gasteiger partial charge in [0.1, 0.15) is 0 Å². The maximum absolute atomic E-state index is 5.59. The molecule has 0 aromatic heterocycles. The Morgan fingerprint density at radius 1 is 1.10 bits per heavy atom. The molecule has 1 aromatic carbocycles. The van der Waals surface area contributed by atoms with Crippen LogP contribution < -0.4 is 5.32 Å². The minimum absolute atomic E-state index is 0.214. The number of hydrogen-bond acceptors (Lipinski definition) is 2. The second kappa shape index (κ2) is 9.97. The standard InChI is InChI=1S/C19H33NO/c1-5-6-14-21-15-10-13-20-17(2)16-19(3,4)18-11-8-7-9-12-18/h7-9,11-12,17,20H,5-6,10,13-16H2,1-4H3. The molecule has 0 aliphatic heterocycles. The van der Waals surface area contributed by atoms with Gasteiger partial charge in [0.15, 0.2) is 0 Å². The maximum atomic E-state index is 5.59. The van der Waals surface area contributed by atoms with E-state index in [9.17, 15) is 0 Å². The molecule has 0 aliphatic rings. The van der Waals surface area contributed by atoms with E-state index < -0.39 is 0 Å². The van der Waals surface area contributed by atoms with Crippen molar-refractivity contribution in [1.82, 2.24) is 5.32 Å². The summed E-state index contributed by atoms with van der Waals surface area (Å²) in [6.45, 7) is 12.0. The second-order valence-corrected chi connectivity index (χ2v) is 6.63. The molecule has 0 saturated heterocycles. The van der Waals surface area contributed by atoms with Crippen LogP contribution in [0.25, 0.3) is 0 Å². The molecule has 0 fully saturated rings. The summed E-state index contributed by atoms with van der Waals surface area (Å²) in [6, 6.07) is 11.3. The molecule has 1 N–H and O–H groups in total. The van der Waals surface area contributed by atoms with Gasteiger partial charge in [0, 0.05) is 19.3 Å². The predicted octanol–water partition coefficient (Wildman–Crippen LogP) is 4.54. The van der Waals surface area contributed by atoms with Crippen molar-refractivity contribution in [3.63, 3.8) is 0 Å². The maximum Gasteiger partial charge on any atom is 0.0478 e. The van der Waals surface area contributed by atoms with Crippen molar-refractivity contribution in [3.8, 4) is 0 Å². The van der Waals surface area contributed by atoms with Gasteiger partial charge in [-0.2, -0.15) is 0 Å². The molecule has 0 aliphatic carbocycles. The SMILES string of the molecule is CCCCOCCCNC(C)CC(C)(C)c1ccccc1. The molecule has 0 bridgehead atoms. The smallest absolute Gasteiger partial charge is 0.0478 e. The molecule has 1 atom stereocenters. The zero-order valence-corrected chi connectivity index (χ0v) is 14.3. The summed E-state index contributed by atoms with van der Waals surface area (Å²) in [6.07, 6.45) is 4.63. The summed E-state index contributed by atoms with van der Waals surface area (Å²) in [5, 5.41) is 3.62. The van der Waals surface area contributed by atoms with Gasteiger partial charge in [-0.05, 0) is 43.7 Å². The van der Waals surface area contributed by atoms with E-state index in [0.29, 0.717) is 6.04 Å². The summed E-state index contributed by atoms with van der Waals surface area (Å²) in [5.74, 6) is 0. The Morgan fingerprint density at radius 2 is 1.76 bits per heavy atom. The van der Waals surface area contributed by atoms with E-state index in [2.05, 4.69) is 63.3 Å². The van der Waals surface area contributed by atoms with Gasteiger partial charge in [-0.1, -0.05) is 57.5 Å². The van der Waals surface area contributed by atoms with E-state index >= 15 is 0 Å². The highest BCUT2D eigenvalue weighted by Crippen LogP contribution is 2.27. The van der Waals surface area contributed by atoms with Gasteiger partial charge in [-0.15, -0.1) is 0 Å².